The number of nitrogens with two attached hydrogens (primary N) is 3. The lowest BCUT2D eigenvalue weighted by atomic mass is 10.1. The van der Waals surface area contributed by atoms with Crippen LogP contribution in [0.25, 0.3) is 0 Å². The largest absolute Gasteiger partial charge is 0.480 e. The summed E-state index contributed by atoms with van der Waals surface area (Å²) >= 11 is 0. The monoisotopic (exact) mass is 419 g/mol. The van der Waals surface area contributed by atoms with E-state index in [4.69, 9.17) is 22.3 Å². The number of carboxylic acids is 1. The third-order valence-electron chi connectivity index (χ3n) is 3.64. The molecule has 0 aromatic carbocycles. The van der Waals surface area contributed by atoms with Crippen molar-refractivity contribution in [1.29, 1.82) is 0 Å². The lowest BCUT2D eigenvalue weighted by Gasteiger charge is -2.24. The van der Waals surface area contributed by atoms with Gasteiger partial charge >= 0.3 is 5.97 Å². The number of hydrogen-bond acceptors (Lipinski definition) is 8. The van der Waals surface area contributed by atoms with Crippen LogP contribution in [0.1, 0.15) is 19.8 Å². The quantitative estimate of drug-likeness (QED) is 0.0779. The van der Waals surface area contributed by atoms with Gasteiger partial charge in [0.25, 0.3) is 0 Å². The van der Waals surface area contributed by atoms with Gasteiger partial charge in [0.1, 0.15) is 12.1 Å². The molecule has 0 fully saturated rings. The maximum atomic E-state index is 12.4. The van der Waals surface area contributed by atoms with Crippen LogP contribution < -0.4 is 33.2 Å². The van der Waals surface area contributed by atoms with Gasteiger partial charge in [-0.2, -0.15) is 0 Å². The molecule has 14 nitrogen and oxygen atoms in total. The summed E-state index contributed by atoms with van der Waals surface area (Å²) in [6.45, 7) is 0.106. The summed E-state index contributed by atoms with van der Waals surface area (Å²) in [7, 11) is 0. The molecule has 4 atom stereocenters. The molecule has 0 aliphatic rings. The standard InChI is InChI=1S/C15H29N7O7/c1-7(24)11(14(28)29)22-13(27)9(6-23)21-12(26)8(20-10(25)5-16)3-2-4-19-15(17)18/h7-9,11,23-24H,2-6,16H2,1H3,(H,20,25)(H,21,26)(H,22,27)(H,28,29)(H4,17,18,19). The van der Waals surface area contributed by atoms with E-state index in [2.05, 4.69) is 15.6 Å². The molecule has 0 radical (unpaired) electrons. The first-order chi connectivity index (χ1) is 13.5. The smallest absolute Gasteiger partial charge is 0.328 e. The molecular formula is C15H29N7O7. The van der Waals surface area contributed by atoms with Gasteiger partial charge in [0.05, 0.1) is 19.3 Å². The second-order valence-electron chi connectivity index (χ2n) is 6.08. The Morgan fingerprint density at radius 3 is 2.07 bits per heavy atom. The predicted octanol–water partition coefficient (Wildman–Crippen LogP) is -5.09. The van der Waals surface area contributed by atoms with Crippen molar-refractivity contribution < 1.29 is 34.5 Å². The van der Waals surface area contributed by atoms with Crippen molar-refractivity contribution in [2.24, 2.45) is 22.2 Å². The second-order valence-corrected chi connectivity index (χ2v) is 6.08. The highest BCUT2D eigenvalue weighted by atomic mass is 16.4. The number of aliphatic imine (C=N–C) groups is 1. The first kappa shape index (κ1) is 26.0. The molecular weight excluding hydrogens is 390 g/mol. The van der Waals surface area contributed by atoms with Crippen molar-refractivity contribution in [3.05, 3.63) is 0 Å². The fourth-order valence-electron chi connectivity index (χ4n) is 2.13. The summed E-state index contributed by atoms with van der Waals surface area (Å²) < 4.78 is 0. The molecule has 14 heteroatoms. The SMILES string of the molecule is CC(O)C(NC(=O)C(CO)NC(=O)C(CCCN=C(N)N)NC(=O)CN)C(=O)O. The minimum Gasteiger partial charge on any atom is -0.480 e. The van der Waals surface area contributed by atoms with E-state index in [9.17, 15) is 29.4 Å². The third-order valence-corrected chi connectivity index (χ3v) is 3.64. The number of rotatable bonds is 13. The molecule has 0 saturated heterocycles. The van der Waals surface area contributed by atoms with Gasteiger partial charge in [-0.05, 0) is 19.8 Å². The molecule has 0 aliphatic heterocycles. The van der Waals surface area contributed by atoms with E-state index >= 15 is 0 Å². The first-order valence-corrected chi connectivity index (χ1v) is 8.70. The van der Waals surface area contributed by atoms with E-state index in [0.717, 1.165) is 6.92 Å². The van der Waals surface area contributed by atoms with Gasteiger partial charge in [0.2, 0.25) is 17.7 Å². The van der Waals surface area contributed by atoms with Gasteiger partial charge in [-0.3, -0.25) is 19.4 Å². The minimum atomic E-state index is -1.64. The Kier molecular flexibility index (Phi) is 11.9. The van der Waals surface area contributed by atoms with Crippen molar-refractivity contribution >= 4 is 29.7 Å². The van der Waals surface area contributed by atoms with E-state index in [-0.39, 0.29) is 25.5 Å². The first-order valence-electron chi connectivity index (χ1n) is 8.70. The van der Waals surface area contributed by atoms with Crippen LogP contribution >= 0.6 is 0 Å². The van der Waals surface area contributed by atoms with Crippen LogP contribution in [0.5, 0.6) is 0 Å². The molecule has 0 aromatic rings. The number of carbonyl (C=O) groups is 4. The van der Waals surface area contributed by atoms with Crippen LogP contribution in [0.2, 0.25) is 0 Å². The highest BCUT2D eigenvalue weighted by Gasteiger charge is 2.30. The Balaban J connectivity index is 5.09. The Morgan fingerprint density at radius 1 is 1.03 bits per heavy atom. The molecule has 0 aromatic heterocycles. The third kappa shape index (κ3) is 10.2. The zero-order chi connectivity index (χ0) is 22.6. The number of hydrogen-bond donors (Lipinski definition) is 9. The minimum absolute atomic E-state index is 0.0968. The van der Waals surface area contributed by atoms with Crippen molar-refractivity contribution in [2.45, 2.75) is 44.0 Å². The molecule has 12 N–H and O–H groups in total. The maximum Gasteiger partial charge on any atom is 0.328 e. The Morgan fingerprint density at radius 2 is 1.62 bits per heavy atom. The molecule has 0 heterocycles. The summed E-state index contributed by atoms with van der Waals surface area (Å²) in [5.41, 5.74) is 15.6. The Bertz CT molecular complexity index is 608. The number of aliphatic hydroxyl groups is 2. The zero-order valence-corrected chi connectivity index (χ0v) is 16.0. The number of carboxylic acid groups (broad SMARTS) is 1. The number of aliphatic carboxylic acids is 1. The average molecular weight is 419 g/mol. The Labute approximate surface area is 166 Å². The van der Waals surface area contributed by atoms with Crippen LogP contribution in [0.15, 0.2) is 4.99 Å². The van der Waals surface area contributed by atoms with Crippen molar-refractivity contribution in [3.63, 3.8) is 0 Å². The maximum absolute atomic E-state index is 12.4. The van der Waals surface area contributed by atoms with Crippen LogP contribution in [0.4, 0.5) is 0 Å². The fourth-order valence-corrected chi connectivity index (χ4v) is 2.13. The summed E-state index contributed by atoms with van der Waals surface area (Å²) in [6.07, 6.45) is -1.02. The number of guanidine groups is 1. The summed E-state index contributed by atoms with van der Waals surface area (Å²) in [5.74, 6) is -4.10. The zero-order valence-electron chi connectivity index (χ0n) is 16.0. The number of amides is 3. The average Bonchev–Trinajstić information content (AvgIpc) is 2.64. The van der Waals surface area contributed by atoms with Crippen LogP contribution in [-0.2, 0) is 19.2 Å². The number of nitrogens with zero attached hydrogens (tertiary/aromatic N) is 1. The molecule has 166 valence electrons. The number of nitrogens with one attached hydrogen (secondary N) is 3. The highest BCUT2D eigenvalue weighted by molar-refractivity contribution is 5.93. The summed E-state index contributed by atoms with van der Waals surface area (Å²) in [4.78, 5) is 50.9. The van der Waals surface area contributed by atoms with Gasteiger partial charge in [0, 0.05) is 6.54 Å². The van der Waals surface area contributed by atoms with Crippen LogP contribution in [0.3, 0.4) is 0 Å². The van der Waals surface area contributed by atoms with Gasteiger partial charge in [-0.25, -0.2) is 4.79 Å². The van der Waals surface area contributed by atoms with Crippen LogP contribution in [0, 0.1) is 0 Å². The lowest BCUT2D eigenvalue weighted by Crippen LogP contribution is -2.58. The molecule has 0 rings (SSSR count). The number of carbonyl (C=O) groups excluding carboxylic acids is 3. The summed E-state index contributed by atoms with van der Waals surface area (Å²) in [6, 6.07) is -4.26. The molecule has 0 bridgehead atoms. The van der Waals surface area contributed by atoms with E-state index in [1.54, 1.807) is 0 Å². The lowest BCUT2D eigenvalue weighted by molar-refractivity contribution is -0.145. The normalized spacial score (nSPS) is 14.6. The molecule has 3 amide bonds. The topological polar surface area (TPSA) is 255 Å². The van der Waals surface area contributed by atoms with Crippen molar-refractivity contribution in [1.82, 2.24) is 16.0 Å². The van der Waals surface area contributed by atoms with Gasteiger partial charge in [-0.1, -0.05) is 0 Å². The van der Waals surface area contributed by atoms with Gasteiger partial charge < -0.3 is 48.5 Å². The fraction of sp³-hybridized carbons (Fsp3) is 0.667. The molecule has 0 saturated carbocycles. The van der Waals surface area contributed by atoms with Crippen molar-refractivity contribution in [3.8, 4) is 0 Å². The Hall–Kier alpha value is -2.97. The van der Waals surface area contributed by atoms with E-state index in [1.807, 2.05) is 5.32 Å². The van der Waals surface area contributed by atoms with E-state index in [1.165, 1.54) is 0 Å². The second kappa shape index (κ2) is 13.2. The molecule has 4 unspecified atom stereocenters. The van der Waals surface area contributed by atoms with Gasteiger partial charge in [0.15, 0.2) is 12.0 Å². The van der Waals surface area contributed by atoms with E-state index in [0.29, 0.717) is 6.42 Å². The predicted molar refractivity (Wildman–Crippen MR) is 101 cm³/mol. The van der Waals surface area contributed by atoms with Gasteiger partial charge in [-0.15, -0.1) is 0 Å². The van der Waals surface area contributed by atoms with E-state index < -0.39 is 54.5 Å². The molecule has 29 heavy (non-hydrogen) atoms. The highest BCUT2D eigenvalue weighted by Crippen LogP contribution is 2.01. The van der Waals surface area contributed by atoms with Crippen LogP contribution in [-0.4, -0.2) is 88.9 Å². The molecule has 0 aliphatic carbocycles. The summed E-state index contributed by atoms with van der Waals surface area (Å²) in [5, 5.41) is 34.4. The molecule has 0 spiro atoms. The van der Waals surface area contributed by atoms with Crippen molar-refractivity contribution in [2.75, 3.05) is 19.7 Å². The number of aliphatic hydroxyl groups excluding tert-OH is 2.